The standard InChI is InChI=1S/C21H26N2O2S2/c1-3-25-20(24)18-17(16-11-7-6-8-12-16)15(2)27-19(18)22-21(26)23-13-9-4-5-10-14-23/h6-8,11-12H,3-5,9-10,13-14H2,1-2H3,(H,22,26). The minimum Gasteiger partial charge on any atom is -0.462 e. The molecule has 2 heterocycles. The van der Waals surface area contributed by atoms with E-state index in [4.69, 9.17) is 17.0 Å². The molecule has 0 saturated carbocycles. The van der Waals surface area contributed by atoms with Gasteiger partial charge in [-0.05, 0) is 44.5 Å². The van der Waals surface area contributed by atoms with Crippen LogP contribution < -0.4 is 5.32 Å². The highest BCUT2D eigenvalue weighted by molar-refractivity contribution is 7.80. The number of likely N-dealkylation sites (tertiary alicyclic amines) is 1. The summed E-state index contributed by atoms with van der Waals surface area (Å²) in [6, 6.07) is 9.99. The molecule has 27 heavy (non-hydrogen) atoms. The summed E-state index contributed by atoms with van der Waals surface area (Å²) < 4.78 is 5.36. The average Bonchev–Trinajstić information content (AvgIpc) is 2.84. The van der Waals surface area contributed by atoms with Gasteiger partial charge < -0.3 is 15.0 Å². The second-order valence-electron chi connectivity index (χ2n) is 6.66. The van der Waals surface area contributed by atoms with Gasteiger partial charge in [-0.3, -0.25) is 0 Å². The third kappa shape index (κ3) is 4.68. The predicted molar refractivity (Wildman–Crippen MR) is 117 cm³/mol. The van der Waals surface area contributed by atoms with Crippen molar-refractivity contribution in [3.8, 4) is 11.1 Å². The first-order valence-electron chi connectivity index (χ1n) is 9.53. The lowest BCUT2D eigenvalue weighted by molar-refractivity contribution is 0.0529. The maximum Gasteiger partial charge on any atom is 0.341 e. The zero-order chi connectivity index (χ0) is 19.2. The summed E-state index contributed by atoms with van der Waals surface area (Å²) in [6.07, 6.45) is 4.82. The fourth-order valence-electron chi connectivity index (χ4n) is 3.43. The summed E-state index contributed by atoms with van der Waals surface area (Å²) in [5, 5.41) is 4.83. The summed E-state index contributed by atoms with van der Waals surface area (Å²) in [5.41, 5.74) is 2.53. The van der Waals surface area contributed by atoms with Gasteiger partial charge in [0.05, 0.1) is 6.61 Å². The SMILES string of the molecule is CCOC(=O)c1c(NC(=S)N2CCCCCC2)sc(C)c1-c1ccccc1. The van der Waals surface area contributed by atoms with E-state index < -0.39 is 0 Å². The first-order valence-corrected chi connectivity index (χ1v) is 10.8. The molecule has 6 heteroatoms. The van der Waals surface area contributed by atoms with E-state index in [1.165, 1.54) is 12.8 Å². The van der Waals surface area contributed by atoms with Crippen LogP contribution in [0.2, 0.25) is 0 Å². The Balaban J connectivity index is 1.94. The summed E-state index contributed by atoms with van der Waals surface area (Å²) in [5.74, 6) is -0.304. The van der Waals surface area contributed by atoms with E-state index in [-0.39, 0.29) is 5.97 Å². The smallest absolute Gasteiger partial charge is 0.341 e. The molecule has 1 aromatic heterocycles. The highest BCUT2D eigenvalue weighted by Crippen LogP contribution is 2.40. The Bertz CT molecular complexity index is 794. The molecule has 3 rings (SSSR count). The van der Waals surface area contributed by atoms with E-state index in [9.17, 15) is 4.79 Å². The number of carbonyl (C=O) groups is 1. The maximum atomic E-state index is 12.8. The van der Waals surface area contributed by atoms with E-state index in [2.05, 4.69) is 10.2 Å². The van der Waals surface area contributed by atoms with Gasteiger partial charge in [0.2, 0.25) is 0 Å². The fourth-order valence-corrected chi connectivity index (χ4v) is 4.85. The van der Waals surface area contributed by atoms with Crippen LogP contribution in [0.3, 0.4) is 0 Å². The van der Waals surface area contributed by atoms with Gasteiger partial charge in [-0.1, -0.05) is 43.2 Å². The van der Waals surface area contributed by atoms with Crippen molar-refractivity contribution in [2.75, 3.05) is 25.0 Å². The largest absolute Gasteiger partial charge is 0.462 e. The summed E-state index contributed by atoms with van der Waals surface area (Å²) >= 11 is 7.23. The molecular weight excluding hydrogens is 376 g/mol. The van der Waals surface area contributed by atoms with Crippen molar-refractivity contribution < 1.29 is 9.53 Å². The molecule has 0 amide bonds. The minimum atomic E-state index is -0.304. The third-order valence-electron chi connectivity index (χ3n) is 4.74. The highest BCUT2D eigenvalue weighted by atomic mass is 32.1. The average molecular weight is 403 g/mol. The Hall–Kier alpha value is -1.92. The van der Waals surface area contributed by atoms with E-state index in [0.717, 1.165) is 46.9 Å². The summed E-state index contributed by atoms with van der Waals surface area (Å²) in [7, 11) is 0. The molecule has 1 aliphatic rings. The van der Waals surface area contributed by atoms with Crippen LogP contribution in [-0.2, 0) is 4.74 Å². The van der Waals surface area contributed by atoms with Gasteiger partial charge in [0.15, 0.2) is 5.11 Å². The van der Waals surface area contributed by atoms with E-state index >= 15 is 0 Å². The van der Waals surface area contributed by atoms with E-state index in [1.807, 2.05) is 44.2 Å². The van der Waals surface area contributed by atoms with Crippen molar-refractivity contribution in [1.82, 2.24) is 4.90 Å². The second-order valence-corrected chi connectivity index (χ2v) is 8.27. The molecule has 0 unspecified atom stereocenters. The topological polar surface area (TPSA) is 41.6 Å². The van der Waals surface area contributed by atoms with Crippen LogP contribution in [0.4, 0.5) is 5.00 Å². The normalized spacial score (nSPS) is 14.5. The first-order chi connectivity index (χ1) is 13.1. The zero-order valence-corrected chi connectivity index (χ0v) is 17.5. The molecule has 0 bridgehead atoms. The molecule has 0 radical (unpaired) electrons. The quantitative estimate of drug-likeness (QED) is 0.542. The molecule has 0 aliphatic carbocycles. The molecular formula is C21H26N2O2S2. The van der Waals surface area contributed by atoms with Crippen LogP contribution in [0.25, 0.3) is 11.1 Å². The number of hydrogen-bond acceptors (Lipinski definition) is 4. The van der Waals surface area contributed by atoms with Crippen LogP contribution in [0.1, 0.15) is 47.8 Å². The Kier molecular flexibility index (Phi) is 6.85. The number of anilines is 1. The lowest BCUT2D eigenvalue weighted by atomic mass is 10.0. The number of nitrogens with one attached hydrogen (secondary N) is 1. The molecule has 1 aliphatic heterocycles. The minimum absolute atomic E-state index is 0.304. The van der Waals surface area contributed by atoms with Crippen molar-refractivity contribution in [2.45, 2.75) is 39.5 Å². The lowest BCUT2D eigenvalue weighted by Gasteiger charge is -2.23. The predicted octanol–water partition coefficient (Wildman–Crippen LogP) is 5.47. The van der Waals surface area contributed by atoms with Crippen molar-refractivity contribution in [3.63, 3.8) is 0 Å². The number of hydrogen-bond donors (Lipinski definition) is 1. The van der Waals surface area contributed by atoms with Crippen LogP contribution in [0.15, 0.2) is 30.3 Å². The Morgan fingerprint density at radius 3 is 2.48 bits per heavy atom. The molecule has 1 fully saturated rings. The highest BCUT2D eigenvalue weighted by Gasteiger charge is 2.25. The molecule has 1 aromatic carbocycles. The number of benzene rings is 1. The van der Waals surface area contributed by atoms with Crippen molar-refractivity contribution in [1.29, 1.82) is 0 Å². The molecule has 2 aromatic rings. The van der Waals surface area contributed by atoms with Gasteiger partial charge >= 0.3 is 5.97 Å². The van der Waals surface area contributed by atoms with Gasteiger partial charge in [-0.15, -0.1) is 11.3 Å². The summed E-state index contributed by atoms with van der Waals surface area (Å²) in [6.45, 7) is 6.15. The molecule has 1 saturated heterocycles. The van der Waals surface area contributed by atoms with Crippen LogP contribution in [-0.4, -0.2) is 35.7 Å². The van der Waals surface area contributed by atoms with E-state index in [1.54, 1.807) is 11.3 Å². The maximum absolute atomic E-state index is 12.8. The van der Waals surface area contributed by atoms with E-state index in [0.29, 0.717) is 17.3 Å². The van der Waals surface area contributed by atoms with Crippen LogP contribution in [0, 0.1) is 6.92 Å². The molecule has 144 valence electrons. The lowest BCUT2D eigenvalue weighted by Crippen LogP contribution is -2.35. The number of ether oxygens (including phenoxy) is 1. The zero-order valence-electron chi connectivity index (χ0n) is 15.9. The van der Waals surface area contributed by atoms with Crippen LogP contribution >= 0.6 is 23.6 Å². The molecule has 0 atom stereocenters. The number of nitrogens with zero attached hydrogens (tertiary/aromatic N) is 1. The number of carbonyl (C=O) groups excluding carboxylic acids is 1. The third-order valence-corrected chi connectivity index (χ3v) is 6.12. The monoisotopic (exact) mass is 402 g/mol. The number of esters is 1. The Morgan fingerprint density at radius 1 is 1.19 bits per heavy atom. The van der Waals surface area contributed by atoms with Crippen molar-refractivity contribution in [3.05, 3.63) is 40.8 Å². The Morgan fingerprint density at radius 2 is 1.85 bits per heavy atom. The van der Waals surface area contributed by atoms with Crippen molar-refractivity contribution in [2.24, 2.45) is 0 Å². The van der Waals surface area contributed by atoms with Crippen LogP contribution in [0.5, 0.6) is 0 Å². The Labute approximate surface area is 170 Å². The number of aryl methyl sites for hydroxylation is 1. The number of thiocarbonyl (C=S) groups is 1. The molecule has 1 N–H and O–H groups in total. The van der Waals surface area contributed by atoms with Gasteiger partial charge in [0, 0.05) is 23.5 Å². The van der Waals surface area contributed by atoms with Gasteiger partial charge in [0.1, 0.15) is 10.6 Å². The summed E-state index contributed by atoms with van der Waals surface area (Å²) in [4.78, 5) is 16.1. The fraction of sp³-hybridized carbons (Fsp3) is 0.429. The first kappa shape index (κ1) is 19.8. The van der Waals surface area contributed by atoms with Gasteiger partial charge in [-0.25, -0.2) is 4.79 Å². The second kappa shape index (κ2) is 9.33. The van der Waals surface area contributed by atoms with Crippen molar-refractivity contribution >= 4 is 39.6 Å². The van der Waals surface area contributed by atoms with Gasteiger partial charge in [0.25, 0.3) is 0 Å². The van der Waals surface area contributed by atoms with Gasteiger partial charge in [-0.2, -0.15) is 0 Å². The molecule has 0 spiro atoms. The number of thiophene rings is 1. The molecule has 4 nitrogen and oxygen atoms in total. The number of rotatable bonds is 4.